The largest absolute Gasteiger partial charge is 0.496 e. The van der Waals surface area contributed by atoms with E-state index in [1.807, 2.05) is 18.2 Å². The van der Waals surface area contributed by atoms with Crippen molar-refractivity contribution in [1.82, 2.24) is 34.3 Å². The molecule has 12 atom stereocenters. The van der Waals surface area contributed by atoms with Crippen molar-refractivity contribution in [3.05, 3.63) is 98.9 Å². The lowest BCUT2D eigenvalue weighted by Crippen LogP contribution is -2.65. The van der Waals surface area contributed by atoms with E-state index in [0.717, 1.165) is 72.3 Å². The molecule has 0 radical (unpaired) electrons. The van der Waals surface area contributed by atoms with Crippen LogP contribution in [0, 0.1) is 17.3 Å². The summed E-state index contributed by atoms with van der Waals surface area (Å²) in [5.41, 5.74) is 2.22. The van der Waals surface area contributed by atoms with Crippen molar-refractivity contribution in [2.75, 3.05) is 71.3 Å². The molecule has 7 aliphatic rings. The number of aromatic nitrogens is 5. The summed E-state index contributed by atoms with van der Waals surface area (Å²) in [4.78, 5) is 103. The summed E-state index contributed by atoms with van der Waals surface area (Å²) in [6.45, 7) is 11.6. The van der Waals surface area contributed by atoms with Crippen LogP contribution in [0.15, 0.2) is 70.9 Å². The summed E-state index contributed by atoms with van der Waals surface area (Å²) >= 11 is 0. The number of H-pyrrole nitrogens is 2. The Kier molecular flexibility index (Phi) is 13.6. The first-order valence-electron chi connectivity index (χ1n) is 28.1. The Labute approximate surface area is 467 Å². The van der Waals surface area contributed by atoms with Crippen molar-refractivity contribution in [3.8, 4) is 5.75 Å². The van der Waals surface area contributed by atoms with Crippen LogP contribution in [-0.4, -0.2) is 155 Å². The average molecular weight is 1110 g/mol. The molecule has 4 N–H and O–H groups in total. The predicted molar refractivity (Wildman–Crippen MR) is 294 cm³/mol. The minimum atomic E-state index is -1.35. The first kappa shape index (κ1) is 54.0. The van der Waals surface area contributed by atoms with E-state index in [9.17, 15) is 19.2 Å². The van der Waals surface area contributed by atoms with Gasteiger partial charge in [0.25, 0.3) is 5.56 Å². The van der Waals surface area contributed by atoms with E-state index in [2.05, 4.69) is 79.6 Å². The molecule has 12 rings (SSSR count). The first-order valence-corrected chi connectivity index (χ1v) is 28.1. The normalized spacial score (nSPS) is 30.9. The molecule has 0 saturated carbocycles. The zero-order valence-corrected chi connectivity index (χ0v) is 46.8. The zero-order chi connectivity index (χ0) is 56.9. The van der Waals surface area contributed by atoms with Crippen LogP contribution in [0.25, 0.3) is 22.1 Å². The molecule has 81 heavy (non-hydrogen) atoms. The Balaban J connectivity index is 1.03. The second-order valence-electron chi connectivity index (χ2n) is 22.8. The molecule has 22 nitrogen and oxygen atoms in total. The van der Waals surface area contributed by atoms with Crippen LogP contribution in [0.3, 0.4) is 0 Å². The summed E-state index contributed by atoms with van der Waals surface area (Å²) in [6, 6.07) is 11.2. The third-order valence-corrected chi connectivity index (χ3v) is 18.7. The van der Waals surface area contributed by atoms with Crippen molar-refractivity contribution in [3.63, 3.8) is 0 Å². The lowest BCUT2D eigenvalue weighted by atomic mass is 9.52. The van der Waals surface area contributed by atoms with Crippen LogP contribution in [0.2, 0.25) is 0 Å². The van der Waals surface area contributed by atoms with E-state index in [1.54, 1.807) is 7.11 Å². The number of benzene rings is 2. The van der Waals surface area contributed by atoms with E-state index in [-0.39, 0.29) is 41.6 Å². The van der Waals surface area contributed by atoms with Gasteiger partial charge >= 0.3 is 29.8 Å². The summed E-state index contributed by atoms with van der Waals surface area (Å²) in [5.74, 6) is -1.97. The van der Waals surface area contributed by atoms with Gasteiger partial charge in [-0.3, -0.25) is 38.4 Å². The van der Waals surface area contributed by atoms with Gasteiger partial charge in [-0.1, -0.05) is 50.6 Å². The highest BCUT2D eigenvalue weighted by Crippen LogP contribution is 2.66. The maximum atomic E-state index is 15.6. The molecular formula is C59H69N9O13. The van der Waals surface area contributed by atoms with E-state index in [4.69, 9.17) is 38.1 Å². The van der Waals surface area contributed by atoms with Crippen molar-refractivity contribution in [2.24, 2.45) is 17.3 Å². The number of methoxy groups -OCH3 is 3. The number of nitrogens with one attached hydrogen (secondary N) is 4. The molecule has 3 fully saturated rings. The van der Waals surface area contributed by atoms with Crippen molar-refractivity contribution >= 4 is 63.5 Å². The Bertz CT molecular complexity index is 3530. The molecule has 1 aliphatic carbocycles. The molecule has 2 bridgehead atoms. The number of hydrogen-bond acceptors (Lipinski definition) is 19. The third kappa shape index (κ3) is 8.35. The zero-order valence-electron chi connectivity index (χ0n) is 46.8. The molecule has 22 heteroatoms. The van der Waals surface area contributed by atoms with Crippen molar-refractivity contribution in [2.45, 2.75) is 121 Å². The van der Waals surface area contributed by atoms with Gasteiger partial charge in [-0.25, -0.2) is 9.78 Å². The molecule has 1 unspecified atom stereocenters. The number of piperidine rings is 1. The number of fused-ring (bicyclic) bond motifs is 7. The van der Waals surface area contributed by atoms with Crippen molar-refractivity contribution in [1.29, 1.82) is 0 Å². The average Bonchev–Trinajstić information content (AvgIpc) is 4.31. The molecule has 6 aliphatic heterocycles. The van der Waals surface area contributed by atoms with Gasteiger partial charge in [0.05, 0.1) is 44.7 Å². The van der Waals surface area contributed by atoms with Gasteiger partial charge in [0.1, 0.15) is 23.9 Å². The van der Waals surface area contributed by atoms with Crippen LogP contribution < -0.4 is 20.9 Å². The molecule has 3 saturated heterocycles. The standard InChI is InChI=1S/C59H69N9O13/c1-9-33-22-34-25-59(55(74)77-8,47-36(16-20-66(26-33)27-34)35-14-11-12-15-39(35)61-47)38-23-37-40(24-41(38)75-6)62-49-43(53(73)76-7)48(57(10-2)17-13-19-67-21-18-58(37,49)54(57)67)63-56-64-50-44(51(72)65-56)60-29-68(50)52-46(80-32(5)71)45(79-31(4)70)42(81-52)28-78-30(3)69/h11-15,17,23-24,29,33-34,42,45-46,48,52,54,61-62H,9-10,16,18-22,25-28H2,1-8H3,(H2,63,64,65,72)/t33-,34-,42+,45+,46+,48-,52+,54-,57-,58-,59-/m0/s1. The van der Waals surface area contributed by atoms with Gasteiger partial charge in [-0.05, 0) is 67.2 Å². The number of ether oxygens (including phenoxy) is 7. The highest BCUT2D eigenvalue weighted by Gasteiger charge is 2.69. The van der Waals surface area contributed by atoms with Crippen LogP contribution in [-0.2, 0) is 69.6 Å². The van der Waals surface area contributed by atoms with Gasteiger partial charge in [0, 0.05) is 105 Å². The third-order valence-electron chi connectivity index (χ3n) is 18.7. The monoisotopic (exact) mass is 1110 g/mol. The van der Waals surface area contributed by atoms with Gasteiger partial charge in [-0.15, -0.1) is 0 Å². The van der Waals surface area contributed by atoms with E-state index in [1.165, 1.54) is 45.9 Å². The summed E-state index contributed by atoms with van der Waals surface area (Å²) in [7, 11) is 4.45. The van der Waals surface area contributed by atoms with Gasteiger partial charge < -0.3 is 53.7 Å². The maximum absolute atomic E-state index is 15.6. The molecule has 5 aromatic rings. The second-order valence-corrected chi connectivity index (χ2v) is 22.8. The number of carbonyl (C=O) groups is 5. The number of imidazole rings is 1. The number of rotatable bonds is 13. The fourth-order valence-electron chi connectivity index (χ4n) is 15.5. The molecule has 2 aromatic carbocycles. The Hall–Kier alpha value is -7.56. The lowest BCUT2D eigenvalue weighted by Gasteiger charge is -2.57. The highest BCUT2D eigenvalue weighted by atomic mass is 16.7. The molecule has 428 valence electrons. The van der Waals surface area contributed by atoms with E-state index in [0.29, 0.717) is 60.9 Å². The number of nitrogens with zero attached hydrogens (tertiary/aromatic N) is 5. The maximum Gasteiger partial charge on any atom is 0.337 e. The molecule has 3 aromatic heterocycles. The fourth-order valence-corrected chi connectivity index (χ4v) is 15.5. The predicted octanol–water partition coefficient (Wildman–Crippen LogP) is 5.31. The lowest BCUT2D eigenvalue weighted by molar-refractivity contribution is -0.166. The van der Waals surface area contributed by atoms with Crippen LogP contribution >= 0.6 is 0 Å². The Morgan fingerprint density at radius 2 is 1.72 bits per heavy atom. The number of esters is 5. The fraction of sp³-hybridized carbons (Fsp3) is 0.525. The summed E-state index contributed by atoms with van der Waals surface area (Å²) in [5, 5.41) is 8.40. The van der Waals surface area contributed by atoms with Gasteiger partial charge in [0.2, 0.25) is 5.95 Å². The Morgan fingerprint density at radius 1 is 0.926 bits per heavy atom. The smallest absolute Gasteiger partial charge is 0.337 e. The summed E-state index contributed by atoms with van der Waals surface area (Å²) in [6.07, 6.45) is 5.00. The summed E-state index contributed by atoms with van der Waals surface area (Å²) < 4.78 is 42.7. The second kappa shape index (κ2) is 20.5. The van der Waals surface area contributed by atoms with Crippen LogP contribution in [0.5, 0.6) is 5.75 Å². The molecular weight excluding hydrogens is 1040 g/mol. The number of hydrogen-bond donors (Lipinski definition) is 4. The topological polar surface area (TPSA) is 260 Å². The number of anilines is 2. The van der Waals surface area contributed by atoms with Gasteiger partial charge in [-0.2, -0.15) is 4.98 Å². The van der Waals surface area contributed by atoms with Crippen LogP contribution in [0.1, 0.15) is 95.3 Å². The quantitative estimate of drug-likeness (QED) is 0.0661. The molecule has 1 spiro atoms. The number of carbonyl (C=O) groups excluding carboxylic acids is 5. The van der Waals surface area contributed by atoms with Crippen LogP contribution in [0.4, 0.5) is 11.6 Å². The minimum absolute atomic E-state index is 0.00233. The van der Waals surface area contributed by atoms with Crippen molar-refractivity contribution < 1.29 is 57.1 Å². The minimum Gasteiger partial charge on any atom is -0.496 e. The number of para-hydroxylation sites is 1. The SMILES string of the molecule is CC[C@H]1C[C@@H]2CN(CCc3c([nH]c4ccccc34)[C@@](C(=O)OC)(c3cc4c(cc3OC)NC3=C(C(=O)OC)[C@H](Nc5nc6c(ncn6[C@@H]6O[C@H](COC(C)=O)[C@@H](OC(C)=O)[C@H]6OC(C)=O)c(=O)[nH]5)[C@]5(CC)C=CCN6CC[C@@]34[C@@H]65)C2)C1. The number of aromatic amines is 2. The van der Waals surface area contributed by atoms with Gasteiger partial charge in [0.15, 0.2) is 29.6 Å². The molecule has 9 heterocycles. The first-order chi connectivity index (χ1) is 39.0. The van der Waals surface area contributed by atoms with E-state index >= 15 is 9.59 Å². The highest BCUT2D eigenvalue weighted by molar-refractivity contribution is 5.97. The Morgan fingerprint density at radius 3 is 2.44 bits per heavy atom. The van der Waals surface area contributed by atoms with E-state index < -0.39 is 76.3 Å². The molecule has 0 amide bonds.